The maximum Gasteiger partial charge on any atom is 0.262 e. The monoisotopic (exact) mass is 360 g/mol. The lowest BCUT2D eigenvalue weighted by Gasteiger charge is -2.21. The molecule has 0 fully saturated rings. The van der Waals surface area contributed by atoms with Crippen LogP contribution in [0.4, 0.5) is 5.69 Å². The smallest absolute Gasteiger partial charge is 0.262 e. The number of carbonyl (C=O) groups excluding carboxylic acids is 1. The summed E-state index contributed by atoms with van der Waals surface area (Å²) in [7, 11) is -3.80. The average molecular weight is 360 g/mol. The highest BCUT2D eigenvalue weighted by molar-refractivity contribution is 7.92. The molecule has 0 aliphatic carbocycles. The van der Waals surface area contributed by atoms with Gasteiger partial charge < -0.3 is 5.32 Å². The van der Waals surface area contributed by atoms with E-state index in [2.05, 4.69) is 10.0 Å². The molecule has 2 rings (SSSR count). The van der Waals surface area contributed by atoms with Crippen LogP contribution in [0.15, 0.2) is 47.4 Å². The number of benzene rings is 2. The summed E-state index contributed by atoms with van der Waals surface area (Å²) in [6, 6.07) is 11.8. The summed E-state index contributed by atoms with van der Waals surface area (Å²) in [6.45, 7) is 9.19. The topological polar surface area (TPSA) is 75.3 Å². The van der Waals surface area contributed by atoms with E-state index in [4.69, 9.17) is 0 Å². The maximum absolute atomic E-state index is 12.8. The molecular weight excluding hydrogens is 336 g/mol. The minimum absolute atomic E-state index is 0.207. The van der Waals surface area contributed by atoms with E-state index in [1.54, 1.807) is 43.3 Å². The molecule has 0 saturated carbocycles. The summed E-state index contributed by atoms with van der Waals surface area (Å²) in [6.07, 6.45) is 0. The first-order valence-electron chi connectivity index (χ1n) is 8.01. The Morgan fingerprint density at radius 3 is 2.28 bits per heavy atom. The van der Waals surface area contributed by atoms with Crippen molar-refractivity contribution >= 4 is 21.6 Å². The highest BCUT2D eigenvalue weighted by Crippen LogP contribution is 2.23. The Morgan fingerprint density at radius 1 is 1.00 bits per heavy atom. The number of amides is 1. The standard InChI is InChI=1S/C19H24N2O3S/c1-13-10-11-14(2)17(12-13)25(23,24)21-16-9-7-6-8-15(16)18(22)20-19(3,4)5/h6-12,21H,1-5H3,(H,20,22). The Kier molecular flexibility index (Phi) is 5.23. The van der Waals surface area contributed by atoms with E-state index < -0.39 is 15.6 Å². The normalized spacial score (nSPS) is 11.9. The van der Waals surface area contributed by atoms with Crippen molar-refractivity contribution in [2.75, 3.05) is 4.72 Å². The fraction of sp³-hybridized carbons (Fsp3) is 0.316. The Bertz CT molecular complexity index is 897. The molecule has 0 radical (unpaired) electrons. The van der Waals surface area contributed by atoms with Crippen LogP contribution in [0, 0.1) is 13.8 Å². The predicted molar refractivity (Wildman–Crippen MR) is 100 cm³/mol. The van der Waals surface area contributed by atoms with Crippen LogP contribution in [0.5, 0.6) is 0 Å². The number of anilines is 1. The fourth-order valence-corrected chi connectivity index (χ4v) is 3.79. The molecule has 0 bridgehead atoms. The largest absolute Gasteiger partial charge is 0.347 e. The lowest BCUT2D eigenvalue weighted by atomic mass is 10.1. The molecule has 0 aliphatic heterocycles. The van der Waals surface area contributed by atoms with E-state index in [-0.39, 0.29) is 22.1 Å². The molecule has 6 heteroatoms. The number of rotatable bonds is 4. The van der Waals surface area contributed by atoms with Gasteiger partial charge in [0.25, 0.3) is 15.9 Å². The third-order valence-corrected chi connectivity index (χ3v) is 5.05. The second-order valence-corrected chi connectivity index (χ2v) is 8.77. The molecule has 0 atom stereocenters. The van der Waals surface area contributed by atoms with Crippen molar-refractivity contribution < 1.29 is 13.2 Å². The van der Waals surface area contributed by atoms with Crippen LogP contribution >= 0.6 is 0 Å². The molecular formula is C19H24N2O3S. The third-order valence-electron chi connectivity index (χ3n) is 3.54. The first-order chi connectivity index (χ1) is 11.5. The van der Waals surface area contributed by atoms with Crippen LogP contribution in [-0.2, 0) is 10.0 Å². The number of hydrogen-bond acceptors (Lipinski definition) is 3. The zero-order valence-corrected chi connectivity index (χ0v) is 16.0. The minimum Gasteiger partial charge on any atom is -0.347 e. The molecule has 0 saturated heterocycles. The number of carbonyl (C=O) groups is 1. The van der Waals surface area contributed by atoms with Gasteiger partial charge in [-0.3, -0.25) is 9.52 Å². The summed E-state index contributed by atoms with van der Waals surface area (Å²) in [5.41, 5.74) is 1.62. The van der Waals surface area contributed by atoms with Gasteiger partial charge in [-0.1, -0.05) is 24.3 Å². The van der Waals surface area contributed by atoms with Crippen molar-refractivity contribution in [1.29, 1.82) is 0 Å². The van der Waals surface area contributed by atoms with Crippen molar-refractivity contribution in [2.24, 2.45) is 0 Å². The van der Waals surface area contributed by atoms with Crippen molar-refractivity contribution in [3.8, 4) is 0 Å². The number of aryl methyl sites for hydroxylation is 2. The number of para-hydroxylation sites is 1. The first kappa shape index (κ1) is 19.0. The SMILES string of the molecule is Cc1ccc(C)c(S(=O)(=O)Nc2ccccc2C(=O)NC(C)(C)C)c1. The van der Waals surface area contributed by atoms with Crippen LogP contribution in [0.2, 0.25) is 0 Å². The first-order valence-corrected chi connectivity index (χ1v) is 9.49. The van der Waals surface area contributed by atoms with Crippen molar-refractivity contribution in [3.63, 3.8) is 0 Å². The molecule has 2 N–H and O–H groups in total. The molecule has 0 unspecified atom stereocenters. The van der Waals surface area contributed by atoms with Crippen molar-refractivity contribution in [2.45, 2.75) is 45.1 Å². The molecule has 2 aromatic carbocycles. The number of hydrogen-bond donors (Lipinski definition) is 2. The molecule has 0 spiro atoms. The minimum atomic E-state index is -3.80. The fourth-order valence-electron chi connectivity index (χ4n) is 2.37. The van der Waals surface area contributed by atoms with Gasteiger partial charge in [-0.2, -0.15) is 0 Å². The summed E-state index contributed by atoms with van der Waals surface area (Å²) in [5.74, 6) is -0.327. The third kappa shape index (κ3) is 4.82. The lowest BCUT2D eigenvalue weighted by Crippen LogP contribution is -2.40. The molecule has 134 valence electrons. The summed E-state index contributed by atoms with van der Waals surface area (Å²) >= 11 is 0. The van der Waals surface area contributed by atoms with E-state index in [0.29, 0.717) is 5.56 Å². The number of nitrogens with one attached hydrogen (secondary N) is 2. The molecule has 25 heavy (non-hydrogen) atoms. The zero-order chi connectivity index (χ0) is 18.8. The summed E-state index contributed by atoms with van der Waals surface area (Å²) in [5, 5.41) is 2.85. The highest BCUT2D eigenvalue weighted by Gasteiger charge is 2.22. The second-order valence-electron chi connectivity index (χ2n) is 7.12. The van der Waals surface area contributed by atoms with Gasteiger partial charge in [0.05, 0.1) is 16.1 Å². The van der Waals surface area contributed by atoms with Gasteiger partial charge >= 0.3 is 0 Å². The quantitative estimate of drug-likeness (QED) is 0.874. The number of sulfonamides is 1. The van der Waals surface area contributed by atoms with Crippen LogP contribution in [0.1, 0.15) is 42.3 Å². The molecule has 0 aliphatic rings. The molecule has 2 aromatic rings. The zero-order valence-electron chi connectivity index (χ0n) is 15.2. The van der Waals surface area contributed by atoms with Crippen LogP contribution in [0.25, 0.3) is 0 Å². The van der Waals surface area contributed by atoms with Gasteiger partial charge in [-0.25, -0.2) is 8.42 Å². The Balaban J connectivity index is 2.41. The van der Waals surface area contributed by atoms with Crippen molar-refractivity contribution in [3.05, 3.63) is 59.2 Å². The molecule has 5 nitrogen and oxygen atoms in total. The molecule has 0 heterocycles. The predicted octanol–water partition coefficient (Wildman–Crippen LogP) is 3.63. The van der Waals surface area contributed by atoms with Crippen LogP contribution < -0.4 is 10.0 Å². The molecule has 0 aromatic heterocycles. The average Bonchev–Trinajstić information content (AvgIpc) is 2.48. The van der Waals surface area contributed by atoms with Crippen molar-refractivity contribution in [1.82, 2.24) is 5.32 Å². The van der Waals surface area contributed by atoms with E-state index in [0.717, 1.165) is 5.56 Å². The van der Waals surface area contributed by atoms with Gasteiger partial charge in [0.2, 0.25) is 0 Å². The second kappa shape index (κ2) is 6.88. The van der Waals surface area contributed by atoms with Gasteiger partial charge in [-0.15, -0.1) is 0 Å². The van der Waals surface area contributed by atoms with Crippen LogP contribution in [0.3, 0.4) is 0 Å². The Labute approximate surface area is 149 Å². The molecule has 1 amide bonds. The summed E-state index contributed by atoms with van der Waals surface area (Å²) < 4.78 is 28.1. The van der Waals surface area contributed by atoms with E-state index in [1.165, 1.54) is 0 Å². The van der Waals surface area contributed by atoms with E-state index in [1.807, 2.05) is 33.8 Å². The lowest BCUT2D eigenvalue weighted by molar-refractivity contribution is 0.0920. The van der Waals surface area contributed by atoms with Gasteiger partial charge in [0.1, 0.15) is 0 Å². The maximum atomic E-state index is 12.8. The Morgan fingerprint density at radius 2 is 1.64 bits per heavy atom. The van der Waals surface area contributed by atoms with Gasteiger partial charge in [0, 0.05) is 5.54 Å². The van der Waals surface area contributed by atoms with E-state index >= 15 is 0 Å². The van der Waals surface area contributed by atoms with Crippen LogP contribution in [-0.4, -0.2) is 19.9 Å². The van der Waals surface area contributed by atoms with E-state index in [9.17, 15) is 13.2 Å². The Hall–Kier alpha value is -2.34. The van der Waals surface area contributed by atoms with Gasteiger partial charge in [0.15, 0.2) is 0 Å². The summed E-state index contributed by atoms with van der Waals surface area (Å²) in [4.78, 5) is 12.7. The van der Waals surface area contributed by atoms with Gasteiger partial charge in [-0.05, 0) is 63.9 Å². The highest BCUT2D eigenvalue weighted by atomic mass is 32.2.